The van der Waals surface area contributed by atoms with E-state index in [4.69, 9.17) is 14.2 Å². The van der Waals surface area contributed by atoms with E-state index in [1.807, 2.05) is 12.1 Å². The van der Waals surface area contributed by atoms with Crippen molar-refractivity contribution in [2.24, 2.45) is 0 Å². The van der Waals surface area contributed by atoms with Gasteiger partial charge in [-0.05, 0) is 54.4 Å². The molecule has 33 heavy (non-hydrogen) atoms. The van der Waals surface area contributed by atoms with E-state index < -0.39 is 10.0 Å². The van der Waals surface area contributed by atoms with Crippen LogP contribution in [0.1, 0.15) is 12.0 Å². The Morgan fingerprint density at radius 2 is 1.55 bits per heavy atom. The first-order chi connectivity index (χ1) is 15.9. The van der Waals surface area contributed by atoms with Gasteiger partial charge >= 0.3 is 0 Å². The molecule has 174 valence electrons. The fourth-order valence-corrected chi connectivity index (χ4v) is 4.31. The normalized spacial score (nSPS) is 10.9. The van der Waals surface area contributed by atoms with Gasteiger partial charge in [-0.1, -0.05) is 24.3 Å². The number of hydrogen-bond acceptors (Lipinski definition) is 6. The lowest BCUT2D eigenvalue weighted by molar-refractivity contribution is -0.116. The van der Waals surface area contributed by atoms with Crippen molar-refractivity contribution in [3.8, 4) is 17.2 Å². The topological polar surface area (TPSA) is 103 Å². The third kappa shape index (κ3) is 6.17. The monoisotopic (exact) mass is 470 g/mol. The van der Waals surface area contributed by atoms with Crippen LogP contribution in [-0.4, -0.2) is 35.7 Å². The molecule has 3 aromatic rings. The number of sulfonamides is 1. The summed E-state index contributed by atoms with van der Waals surface area (Å²) < 4.78 is 43.9. The molecule has 8 nitrogen and oxygen atoms in total. The number of para-hydroxylation sites is 2. The van der Waals surface area contributed by atoms with E-state index in [-0.39, 0.29) is 17.2 Å². The Bertz CT molecular complexity index is 1230. The molecule has 1 amide bonds. The van der Waals surface area contributed by atoms with Crippen molar-refractivity contribution >= 4 is 27.3 Å². The summed E-state index contributed by atoms with van der Waals surface area (Å²) in [6, 6.07) is 18.3. The summed E-state index contributed by atoms with van der Waals surface area (Å²) in [5, 5.41) is 2.75. The van der Waals surface area contributed by atoms with Crippen molar-refractivity contribution in [2.75, 3.05) is 31.4 Å². The van der Waals surface area contributed by atoms with Crippen LogP contribution in [0.3, 0.4) is 0 Å². The van der Waals surface area contributed by atoms with Crippen LogP contribution in [0, 0.1) is 0 Å². The van der Waals surface area contributed by atoms with Gasteiger partial charge in [-0.2, -0.15) is 0 Å². The van der Waals surface area contributed by atoms with E-state index in [2.05, 4.69) is 10.0 Å². The largest absolute Gasteiger partial charge is 0.495 e. The minimum atomic E-state index is -3.88. The molecule has 0 spiro atoms. The Labute approximate surface area is 193 Å². The van der Waals surface area contributed by atoms with Gasteiger partial charge in [-0.25, -0.2) is 8.42 Å². The number of ether oxygens (including phenoxy) is 3. The van der Waals surface area contributed by atoms with E-state index in [1.54, 1.807) is 56.7 Å². The van der Waals surface area contributed by atoms with Gasteiger partial charge in [0.15, 0.2) is 11.5 Å². The standard InChI is InChI=1S/C24H26N2O6S/c1-30-21-10-5-4-9-20(21)26-33(28,29)19-8-6-7-18(16-19)25-24(27)14-12-17-11-13-22(31-2)23(15-17)32-3/h4-11,13,15-16,26H,12,14H2,1-3H3,(H,25,27). The quantitative estimate of drug-likeness (QED) is 0.463. The molecule has 2 N–H and O–H groups in total. The fraction of sp³-hybridized carbons (Fsp3) is 0.208. The van der Waals surface area contributed by atoms with Crippen LogP contribution in [-0.2, 0) is 21.2 Å². The van der Waals surface area contributed by atoms with E-state index in [0.717, 1.165) is 5.56 Å². The molecule has 0 heterocycles. The lowest BCUT2D eigenvalue weighted by Crippen LogP contribution is -2.15. The molecule has 0 fully saturated rings. The van der Waals surface area contributed by atoms with Gasteiger partial charge in [0.05, 0.1) is 31.9 Å². The number of hydrogen-bond donors (Lipinski definition) is 2. The zero-order valence-corrected chi connectivity index (χ0v) is 19.4. The van der Waals surface area contributed by atoms with Crippen LogP contribution in [0.15, 0.2) is 71.6 Å². The summed E-state index contributed by atoms with van der Waals surface area (Å²) in [6.07, 6.45) is 0.700. The van der Waals surface area contributed by atoms with E-state index >= 15 is 0 Å². The number of carbonyl (C=O) groups is 1. The third-order valence-corrected chi connectivity index (χ3v) is 6.23. The molecule has 0 saturated heterocycles. The fourth-order valence-electron chi connectivity index (χ4n) is 3.19. The van der Waals surface area contributed by atoms with Crippen molar-refractivity contribution in [3.63, 3.8) is 0 Å². The lowest BCUT2D eigenvalue weighted by Gasteiger charge is -2.13. The highest BCUT2D eigenvalue weighted by Crippen LogP contribution is 2.29. The molecule has 0 saturated carbocycles. The average Bonchev–Trinajstić information content (AvgIpc) is 2.82. The first-order valence-electron chi connectivity index (χ1n) is 10.1. The third-order valence-electron chi connectivity index (χ3n) is 4.87. The molecule has 3 rings (SSSR count). The lowest BCUT2D eigenvalue weighted by atomic mass is 10.1. The summed E-state index contributed by atoms with van der Waals surface area (Å²) in [5.41, 5.74) is 1.62. The molecule has 3 aromatic carbocycles. The number of carbonyl (C=O) groups excluding carboxylic acids is 1. The van der Waals surface area contributed by atoms with Gasteiger partial charge < -0.3 is 19.5 Å². The van der Waals surface area contributed by atoms with Gasteiger partial charge in [0.2, 0.25) is 5.91 Å². The molecule has 0 atom stereocenters. The Morgan fingerprint density at radius 1 is 0.818 bits per heavy atom. The van der Waals surface area contributed by atoms with Crippen molar-refractivity contribution in [3.05, 3.63) is 72.3 Å². The van der Waals surface area contributed by atoms with Gasteiger partial charge in [-0.3, -0.25) is 9.52 Å². The first kappa shape index (κ1) is 23.9. The minimum absolute atomic E-state index is 0.0195. The Kier molecular flexibility index (Phi) is 7.78. The maximum atomic E-state index is 12.8. The predicted molar refractivity (Wildman–Crippen MR) is 127 cm³/mol. The molecule has 0 bridgehead atoms. The smallest absolute Gasteiger partial charge is 0.262 e. The summed E-state index contributed by atoms with van der Waals surface area (Å²) >= 11 is 0. The van der Waals surface area contributed by atoms with Gasteiger partial charge in [0.1, 0.15) is 5.75 Å². The maximum Gasteiger partial charge on any atom is 0.262 e. The number of benzene rings is 3. The van der Waals surface area contributed by atoms with Crippen LogP contribution in [0.25, 0.3) is 0 Å². The number of aryl methyl sites for hydroxylation is 1. The number of nitrogens with one attached hydrogen (secondary N) is 2. The Morgan fingerprint density at radius 3 is 2.27 bits per heavy atom. The van der Waals surface area contributed by atoms with Gasteiger partial charge in [-0.15, -0.1) is 0 Å². The molecule has 0 aliphatic heterocycles. The molecule has 0 aliphatic carbocycles. The van der Waals surface area contributed by atoms with E-state index in [0.29, 0.717) is 35.0 Å². The van der Waals surface area contributed by atoms with E-state index in [9.17, 15) is 13.2 Å². The molecule has 0 radical (unpaired) electrons. The van der Waals surface area contributed by atoms with Crippen molar-refractivity contribution < 1.29 is 27.4 Å². The van der Waals surface area contributed by atoms with Crippen molar-refractivity contribution in [2.45, 2.75) is 17.7 Å². The highest BCUT2D eigenvalue weighted by atomic mass is 32.2. The average molecular weight is 471 g/mol. The highest BCUT2D eigenvalue weighted by molar-refractivity contribution is 7.92. The second-order valence-electron chi connectivity index (χ2n) is 7.07. The SMILES string of the molecule is COc1ccccc1NS(=O)(=O)c1cccc(NC(=O)CCc2ccc(OC)c(OC)c2)c1. The summed E-state index contributed by atoms with van der Waals surface area (Å²) in [7, 11) is 0.697. The van der Waals surface area contributed by atoms with Crippen LogP contribution in [0.2, 0.25) is 0 Å². The van der Waals surface area contributed by atoms with Gasteiger partial charge in [0.25, 0.3) is 10.0 Å². The molecule has 0 aromatic heterocycles. The number of anilines is 2. The van der Waals surface area contributed by atoms with Crippen LogP contribution < -0.4 is 24.2 Å². The number of methoxy groups -OCH3 is 3. The highest BCUT2D eigenvalue weighted by Gasteiger charge is 2.17. The predicted octanol–water partition coefficient (Wildman–Crippen LogP) is 4.08. The van der Waals surface area contributed by atoms with Crippen LogP contribution >= 0.6 is 0 Å². The Balaban J connectivity index is 1.66. The number of amides is 1. The minimum Gasteiger partial charge on any atom is -0.495 e. The molecule has 9 heteroatoms. The molecular weight excluding hydrogens is 444 g/mol. The van der Waals surface area contributed by atoms with Gasteiger partial charge in [0, 0.05) is 12.1 Å². The molecule has 0 aliphatic rings. The summed E-state index contributed by atoms with van der Waals surface area (Å²) in [6.45, 7) is 0. The summed E-state index contributed by atoms with van der Waals surface area (Å²) in [5.74, 6) is 1.37. The molecular formula is C24H26N2O6S. The number of rotatable bonds is 10. The van der Waals surface area contributed by atoms with Crippen molar-refractivity contribution in [1.82, 2.24) is 0 Å². The zero-order valence-electron chi connectivity index (χ0n) is 18.6. The van der Waals surface area contributed by atoms with Crippen molar-refractivity contribution in [1.29, 1.82) is 0 Å². The zero-order chi connectivity index (χ0) is 23.8. The summed E-state index contributed by atoms with van der Waals surface area (Å²) in [4.78, 5) is 12.5. The second-order valence-corrected chi connectivity index (χ2v) is 8.75. The maximum absolute atomic E-state index is 12.8. The second kappa shape index (κ2) is 10.7. The van der Waals surface area contributed by atoms with Crippen LogP contribution in [0.5, 0.6) is 17.2 Å². The Hall–Kier alpha value is -3.72. The van der Waals surface area contributed by atoms with Crippen LogP contribution in [0.4, 0.5) is 11.4 Å². The first-order valence-corrected chi connectivity index (χ1v) is 11.6. The van der Waals surface area contributed by atoms with E-state index in [1.165, 1.54) is 19.2 Å². The molecule has 0 unspecified atom stereocenters.